The van der Waals surface area contributed by atoms with Crippen LogP contribution in [0, 0.1) is 0 Å². The largest absolute Gasteiger partial charge is 0.490 e. The molecule has 2 heterocycles. The zero-order valence-electron chi connectivity index (χ0n) is 17.8. The number of hydrogen-bond donors (Lipinski definition) is 2. The number of nitrogens with zero attached hydrogens (tertiary/aromatic N) is 2. The van der Waals surface area contributed by atoms with Crippen molar-refractivity contribution in [1.29, 1.82) is 0 Å². The number of thiophene rings is 1. The number of hydrogen-bond acceptors (Lipinski definition) is 5. The first-order chi connectivity index (χ1) is 14.8. The summed E-state index contributed by atoms with van der Waals surface area (Å²) in [5, 5.41) is 8.77. The van der Waals surface area contributed by atoms with Crippen LogP contribution in [0.2, 0.25) is 0 Å². The number of pyridine rings is 1. The highest BCUT2D eigenvalue weighted by atomic mass is 127. The number of aliphatic imine (C=N–C) groups is 1. The van der Waals surface area contributed by atoms with E-state index in [-0.39, 0.29) is 24.0 Å². The van der Waals surface area contributed by atoms with Crippen LogP contribution in [0.3, 0.4) is 0 Å². The number of ether oxygens (including phenoxy) is 2. The highest BCUT2D eigenvalue weighted by Gasteiger charge is 2.11. The fourth-order valence-corrected chi connectivity index (χ4v) is 3.49. The summed E-state index contributed by atoms with van der Waals surface area (Å²) in [6.45, 7) is 4.08. The zero-order valence-corrected chi connectivity index (χ0v) is 21.0. The number of nitrogens with one attached hydrogen (secondary N) is 2. The average molecular weight is 552 g/mol. The van der Waals surface area contributed by atoms with Gasteiger partial charge >= 0.3 is 0 Å². The standard InChI is InChI=1S/C23H28N4O2S.HI/c1-3-15-28-20-10-4-5-11-21(20)29-22-18(8-6-13-25-22)17-27-23(24-2)26-14-12-19-9-7-16-30-19;/h4-11,13,16H,3,12,14-15,17H2,1-2H3,(H2,24,26,27);1H. The van der Waals surface area contributed by atoms with Gasteiger partial charge in [-0.05, 0) is 42.5 Å². The van der Waals surface area contributed by atoms with Crippen molar-refractivity contribution in [1.82, 2.24) is 15.6 Å². The molecule has 1 aromatic carbocycles. The van der Waals surface area contributed by atoms with Crippen LogP contribution in [0.15, 0.2) is 65.1 Å². The predicted octanol–water partition coefficient (Wildman–Crippen LogP) is 5.25. The van der Waals surface area contributed by atoms with Crippen LogP contribution in [0.1, 0.15) is 23.8 Å². The van der Waals surface area contributed by atoms with Crippen molar-refractivity contribution in [2.24, 2.45) is 4.99 Å². The first-order valence-electron chi connectivity index (χ1n) is 10.1. The fourth-order valence-electron chi connectivity index (χ4n) is 2.78. The third kappa shape index (κ3) is 8.02. The highest BCUT2D eigenvalue weighted by Crippen LogP contribution is 2.31. The molecule has 0 aliphatic rings. The third-order valence-electron chi connectivity index (χ3n) is 4.28. The summed E-state index contributed by atoms with van der Waals surface area (Å²) in [7, 11) is 1.77. The van der Waals surface area contributed by atoms with E-state index in [0.717, 1.165) is 36.7 Å². The van der Waals surface area contributed by atoms with Crippen LogP contribution in [-0.2, 0) is 13.0 Å². The average Bonchev–Trinajstić information content (AvgIpc) is 3.30. The summed E-state index contributed by atoms with van der Waals surface area (Å²) >= 11 is 1.77. The summed E-state index contributed by atoms with van der Waals surface area (Å²) in [5.41, 5.74) is 0.934. The molecule has 0 atom stereocenters. The topological polar surface area (TPSA) is 67.8 Å². The molecule has 0 bridgehead atoms. The molecule has 6 nitrogen and oxygen atoms in total. The molecule has 31 heavy (non-hydrogen) atoms. The lowest BCUT2D eigenvalue weighted by Gasteiger charge is -2.15. The minimum atomic E-state index is 0. The van der Waals surface area contributed by atoms with Crippen LogP contribution < -0.4 is 20.1 Å². The Kier molecular flexibility index (Phi) is 11.2. The Morgan fingerprint density at radius 3 is 2.65 bits per heavy atom. The van der Waals surface area contributed by atoms with Gasteiger partial charge in [0, 0.05) is 36.8 Å². The molecular formula is C23H29IN4O2S. The maximum atomic E-state index is 6.10. The van der Waals surface area contributed by atoms with Crippen molar-refractivity contribution in [3.05, 3.63) is 70.5 Å². The first-order valence-corrected chi connectivity index (χ1v) is 11.0. The van der Waals surface area contributed by atoms with Gasteiger partial charge in [-0.2, -0.15) is 0 Å². The van der Waals surface area contributed by atoms with Gasteiger partial charge in [0.15, 0.2) is 17.5 Å². The lowest BCUT2D eigenvalue weighted by atomic mass is 10.2. The van der Waals surface area contributed by atoms with Gasteiger partial charge < -0.3 is 20.1 Å². The van der Waals surface area contributed by atoms with E-state index in [1.165, 1.54) is 4.88 Å². The molecule has 0 spiro atoms. The molecule has 0 aliphatic carbocycles. The molecule has 0 amide bonds. The Morgan fingerprint density at radius 2 is 1.90 bits per heavy atom. The van der Waals surface area contributed by atoms with Crippen LogP contribution in [0.25, 0.3) is 0 Å². The second-order valence-electron chi connectivity index (χ2n) is 6.55. The number of guanidine groups is 1. The van der Waals surface area contributed by atoms with Crippen molar-refractivity contribution in [2.75, 3.05) is 20.2 Å². The van der Waals surface area contributed by atoms with Crippen molar-refractivity contribution in [3.8, 4) is 17.4 Å². The van der Waals surface area contributed by atoms with E-state index in [4.69, 9.17) is 9.47 Å². The summed E-state index contributed by atoms with van der Waals surface area (Å²) < 4.78 is 11.9. The van der Waals surface area contributed by atoms with E-state index in [1.54, 1.807) is 24.6 Å². The molecule has 3 aromatic rings. The Labute approximate surface area is 205 Å². The van der Waals surface area contributed by atoms with Crippen molar-refractivity contribution < 1.29 is 9.47 Å². The summed E-state index contributed by atoms with van der Waals surface area (Å²) in [5.74, 6) is 2.67. The predicted molar refractivity (Wildman–Crippen MR) is 138 cm³/mol. The van der Waals surface area contributed by atoms with Gasteiger partial charge in [-0.3, -0.25) is 4.99 Å². The van der Waals surface area contributed by atoms with E-state index in [0.29, 0.717) is 24.8 Å². The summed E-state index contributed by atoms with van der Waals surface area (Å²) in [4.78, 5) is 10.1. The number of aromatic nitrogens is 1. The maximum absolute atomic E-state index is 6.10. The van der Waals surface area contributed by atoms with Crippen molar-refractivity contribution in [3.63, 3.8) is 0 Å². The lowest BCUT2D eigenvalue weighted by Crippen LogP contribution is -2.37. The van der Waals surface area contributed by atoms with Gasteiger partial charge in [0.05, 0.1) is 6.61 Å². The van der Waals surface area contributed by atoms with Crippen LogP contribution in [0.5, 0.6) is 17.4 Å². The summed E-state index contributed by atoms with van der Waals surface area (Å²) in [6, 6.07) is 15.8. The molecular weight excluding hydrogens is 523 g/mol. The van der Waals surface area contributed by atoms with E-state index >= 15 is 0 Å². The van der Waals surface area contributed by atoms with E-state index < -0.39 is 0 Å². The number of halogens is 1. The second kappa shape index (κ2) is 13.9. The molecule has 0 aliphatic heterocycles. The van der Waals surface area contributed by atoms with Crippen LogP contribution >= 0.6 is 35.3 Å². The lowest BCUT2D eigenvalue weighted by molar-refractivity contribution is 0.300. The number of benzene rings is 1. The molecule has 2 aromatic heterocycles. The van der Waals surface area contributed by atoms with Gasteiger partial charge in [0.2, 0.25) is 5.88 Å². The number of rotatable bonds is 10. The summed E-state index contributed by atoms with van der Waals surface area (Å²) in [6.07, 6.45) is 3.63. The Hall–Kier alpha value is -2.33. The zero-order chi connectivity index (χ0) is 21.0. The highest BCUT2D eigenvalue weighted by molar-refractivity contribution is 14.0. The molecule has 0 saturated heterocycles. The minimum Gasteiger partial charge on any atom is -0.490 e. The molecule has 166 valence electrons. The van der Waals surface area contributed by atoms with Gasteiger partial charge in [0.25, 0.3) is 0 Å². The van der Waals surface area contributed by atoms with Gasteiger partial charge in [-0.25, -0.2) is 4.98 Å². The third-order valence-corrected chi connectivity index (χ3v) is 5.22. The van der Waals surface area contributed by atoms with Crippen LogP contribution in [-0.4, -0.2) is 31.1 Å². The Morgan fingerprint density at radius 1 is 1.06 bits per heavy atom. The number of para-hydroxylation sites is 2. The molecule has 0 radical (unpaired) electrons. The second-order valence-corrected chi connectivity index (χ2v) is 7.58. The SMILES string of the molecule is CCCOc1ccccc1Oc1ncccc1CNC(=NC)NCCc1cccs1.I. The first kappa shape index (κ1) is 24.9. The van der Waals surface area contributed by atoms with Crippen molar-refractivity contribution in [2.45, 2.75) is 26.3 Å². The quantitative estimate of drug-likeness (QED) is 0.204. The van der Waals surface area contributed by atoms with Gasteiger partial charge in [-0.15, -0.1) is 35.3 Å². The molecule has 3 rings (SSSR count). The van der Waals surface area contributed by atoms with E-state index in [2.05, 4.69) is 45.0 Å². The fraction of sp³-hybridized carbons (Fsp3) is 0.304. The van der Waals surface area contributed by atoms with Gasteiger partial charge in [0.1, 0.15) is 0 Å². The molecule has 0 unspecified atom stereocenters. The smallest absolute Gasteiger partial charge is 0.224 e. The molecule has 2 N–H and O–H groups in total. The normalized spacial score (nSPS) is 10.8. The van der Waals surface area contributed by atoms with E-state index in [9.17, 15) is 0 Å². The maximum Gasteiger partial charge on any atom is 0.224 e. The van der Waals surface area contributed by atoms with Crippen molar-refractivity contribution >= 4 is 41.3 Å². The minimum absolute atomic E-state index is 0. The Balaban J connectivity index is 0.00000341. The Bertz CT molecular complexity index is 935. The molecule has 0 saturated carbocycles. The monoisotopic (exact) mass is 552 g/mol. The van der Waals surface area contributed by atoms with Crippen LogP contribution in [0.4, 0.5) is 0 Å². The van der Waals surface area contributed by atoms with Gasteiger partial charge in [-0.1, -0.05) is 31.2 Å². The molecule has 0 fully saturated rings. The van der Waals surface area contributed by atoms with E-state index in [1.807, 2.05) is 36.4 Å². The molecule has 8 heteroatoms.